The Labute approximate surface area is 117 Å². The molecule has 4 nitrogen and oxygen atoms in total. The standard InChI is InChI=1S/C11H9ClIN3O/c12-8-3-1-2-7(4-8)5-14-10-9(13)11(17)16-6-15-10/h1-4,6H,5H2,(H2,14,15,16,17). The van der Waals surface area contributed by atoms with E-state index in [-0.39, 0.29) is 5.56 Å². The summed E-state index contributed by atoms with van der Waals surface area (Å²) in [4.78, 5) is 17.9. The van der Waals surface area contributed by atoms with Gasteiger partial charge in [-0.1, -0.05) is 23.7 Å². The minimum Gasteiger partial charge on any atom is -0.365 e. The van der Waals surface area contributed by atoms with E-state index < -0.39 is 0 Å². The zero-order chi connectivity index (χ0) is 12.3. The van der Waals surface area contributed by atoms with E-state index >= 15 is 0 Å². The van der Waals surface area contributed by atoms with Crippen LogP contribution in [0.3, 0.4) is 0 Å². The van der Waals surface area contributed by atoms with E-state index in [1.807, 2.05) is 46.9 Å². The summed E-state index contributed by atoms with van der Waals surface area (Å²) in [5.41, 5.74) is 0.893. The Morgan fingerprint density at radius 2 is 2.29 bits per heavy atom. The molecule has 0 spiro atoms. The number of anilines is 1. The fraction of sp³-hybridized carbons (Fsp3) is 0.0909. The van der Waals surface area contributed by atoms with Crippen molar-refractivity contribution in [3.63, 3.8) is 0 Å². The zero-order valence-electron chi connectivity index (χ0n) is 8.71. The van der Waals surface area contributed by atoms with Crippen molar-refractivity contribution >= 4 is 40.0 Å². The first-order chi connectivity index (χ1) is 8.16. The minimum atomic E-state index is -0.144. The third kappa shape index (κ3) is 3.19. The van der Waals surface area contributed by atoms with E-state index in [9.17, 15) is 4.79 Å². The number of nitrogens with one attached hydrogen (secondary N) is 2. The number of aromatic amines is 1. The van der Waals surface area contributed by atoms with Gasteiger partial charge in [0.05, 0.1) is 6.33 Å². The highest BCUT2D eigenvalue weighted by Crippen LogP contribution is 2.13. The molecule has 88 valence electrons. The molecular weight excluding hydrogens is 352 g/mol. The maximum Gasteiger partial charge on any atom is 0.266 e. The van der Waals surface area contributed by atoms with Gasteiger partial charge in [0, 0.05) is 11.6 Å². The van der Waals surface area contributed by atoms with Gasteiger partial charge < -0.3 is 10.3 Å². The van der Waals surface area contributed by atoms with Gasteiger partial charge in [0.1, 0.15) is 9.39 Å². The summed E-state index contributed by atoms with van der Waals surface area (Å²) >= 11 is 7.84. The van der Waals surface area contributed by atoms with Crippen LogP contribution in [0.25, 0.3) is 0 Å². The van der Waals surface area contributed by atoms with Crippen molar-refractivity contribution in [2.75, 3.05) is 5.32 Å². The summed E-state index contributed by atoms with van der Waals surface area (Å²) in [6, 6.07) is 7.53. The fourth-order valence-electron chi connectivity index (χ4n) is 1.34. The molecule has 0 fully saturated rings. The number of aromatic nitrogens is 2. The highest BCUT2D eigenvalue weighted by Gasteiger charge is 2.04. The molecule has 0 radical (unpaired) electrons. The molecule has 1 aromatic carbocycles. The molecule has 0 aliphatic carbocycles. The largest absolute Gasteiger partial charge is 0.365 e. The van der Waals surface area contributed by atoms with Gasteiger partial charge in [0.15, 0.2) is 0 Å². The van der Waals surface area contributed by atoms with E-state index in [0.717, 1.165) is 5.56 Å². The van der Waals surface area contributed by atoms with Gasteiger partial charge in [0.2, 0.25) is 0 Å². The Kier molecular flexibility index (Phi) is 4.01. The van der Waals surface area contributed by atoms with Crippen LogP contribution in [0.15, 0.2) is 35.4 Å². The van der Waals surface area contributed by atoms with Crippen molar-refractivity contribution < 1.29 is 0 Å². The summed E-state index contributed by atoms with van der Waals surface area (Å²) in [5.74, 6) is 0.578. The zero-order valence-corrected chi connectivity index (χ0v) is 11.6. The van der Waals surface area contributed by atoms with Crippen molar-refractivity contribution in [1.82, 2.24) is 9.97 Å². The average Bonchev–Trinajstić information content (AvgIpc) is 2.31. The highest BCUT2D eigenvalue weighted by molar-refractivity contribution is 14.1. The first-order valence-corrected chi connectivity index (χ1v) is 6.34. The number of rotatable bonds is 3. The Balaban J connectivity index is 2.13. The lowest BCUT2D eigenvalue weighted by atomic mass is 10.2. The van der Waals surface area contributed by atoms with E-state index in [1.165, 1.54) is 6.33 Å². The average molecular weight is 362 g/mol. The topological polar surface area (TPSA) is 57.8 Å². The number of hydrogen-bond acceptors (Lipinski definition) is 3. The van der Waals surface area contributed by atoms with Gasteiger partial charge in [-0.05, 0) is 40.3 Å². The molecule has 17 heavy (non-hydrogen) atoms. The highest BCUT2D eigenvalue weighted by atomic mass is 127. The van der Waals surface area contributed by atoms with Crippen molar-refractivity contribution in [3.8, 4) is 0 Å². The molecule has 2 aromatic rings. The molecule has 0 saturated carbocycles. The minimum absolute atomic E-state index is 0.144. The summed E-state index contributed by atoms with van der Waals surface area (Å²) in [6.45, 7) is 0.576. The third-order valence-corrected chi connectivity index (χ3v) is 3.38. The maximum atomic E-state index is 11.3. The fourth-order valence-corrected chi connectivity index (χ4v) is 2.04. The molecule has 1 aromatic heterocycles. The van der Waals surface area contributed by atoms with Crippen LogP contribution in [0, 0.1) is 3.57 Å². The Hall–Kier alpha value is -1.08. The summed E-state index contributed by atoms with van der Waals surface area (Å²) < 4.78 is 0.548. The molecule has 0 aliphatic rings. The molecule has 0 bridgehead atoms. The Morgan fingerprint density at radius 3 is 3.06 bits per heavy atom. The molecular formula is C11H9ClIN3O. The van der Waals surface area contributed by atoms with Crippen LogP contribution in [0.1, 0.15) is 5.56 Å². The monoisotopic (exact) mass is 361 g/mol. The van der Waals surface area contributed by atoms with Crippen LogP contribution in [-0.4, -0.2) is 9.97 Å². The lowest BCUT2D eigenvalue weighted by Gasteiger charge is -2.06. The molecule has 0 saturated heterocycles. The predicted molar refractivity (Wildman–Crippen MR) is 76.4 cm³/mol. The van der Waals surface area contributed by atoms with Crippen LogP contribution in [0.5, 0.6) is 0 Å². The van der Waals surface area contributed by atoms with Crippen LogP contribution in [0.4, 0.5) is 5.82 Å². The summed E-state index contributed by atoms with van der Waals surface area (Å²) in [7, 11) is 0. The maximum absolute atomic E-state index is 11.3. The van der Waals surface area contributed by atoms with E-state index in [2.05, 4.69) is 15.3 Å². The SMILES string of the molecule is O=c1[nH]cnc(NCc2cccc(Cl)c2)c1I. The molecule has 2 N–H and O–H groups in total. The van der Waals surface area contributed by atoms with Crippen LogP contribution in [-0.2, 0) is 6.54 Å². The normalized spacial score (nSPS) is 10.2. The summed E-state index contributed by atoms with van der Waals surface area (Å²) in [6.07, 6.45) is 1.38. The third-order valence-electron chi connectivity index (χ3n) is 2.15. The number of hydrogen-bond donors (Lipinski definition) is 2. The van der Waals surface area contributed by atoms with E-state index in [0.29, 0.717) is 21.0 Å². The van der Waals surface area contributed by atoms with Crippen molar-refractivity contribution in [1.29, 1.82) is 0 Å². The second-order valence-corrected chi connectivity index (χ2v) is 4.89. The van der Waals surface area contributed by atoms with Crippen LogP contribution < -0.4 is 10.9 Å². The first kappa shape index (κ1) is 12.4. The van der Waals surface area contributed by atoms with E-state index in [1.54, 1.807) is 0 Å². The number of nitrogens with zero attached hydrogens (tertiary/aromatic N) is 1. The molecule has 6 heteroatoms. The van der Waals surface area contributed by atoms with Crippen LogP contribution in [0.2, 0.25) is 5.02 Å². The van der Waals surface area contributed by atoms with Crippen LogP contribution >= 0.6 is 34.2 Å². The number of benzene rings is 1. The molecule has 2 rings (SSSR count). The van der Waals surface area contributed by atoms with Crippen molar-refractivity contribution in [2.24, 2.45) is 0 Å². The van der Waals surface area contributed by atoms with Crippen molar-refractivity contribution in [3.05, 3.63) is 55.1 Å². The second-order valence-electron chi connectivity index (χ2n) is 3.38. The Bertz CT molecular complexity index is 585. The number of halogens is 2. The van der Waals surface area contributed by atoms with E-state index in [4.69, 9.17) is 11.6 Å². The molecule has 1 heterocycles. The van der Waals surface area contributed by atoms with Gasteiger partial charge in [0.25, 0.3) is 5.56 Å². The molecule has 0 atom stereocenters. The molecule has 0 aliphatic heterocycles. The van der Waals surface area contributed by atoms with Gasteiger partial charge >= 0.3 is 0 Å². The lowest BCUT2D eigenvalue weighted by Crippen LogP contribution is -2.14. The second kappa shape index (κ2) is 5.50. The smallest absolute Gasteiger partial charge is 0.266 e. The van der Waals surface area contributed by atoms with Gasteiger partial charge in [-0.25, -0.2) is 4.98 Å². The van der Waals surface area contributed by atoms with Gasteiger partial charge in [-0.3, -0.25) is 4.79 Å². The number of H-pyrrole nitrogens is 1. The summed E-state index contributed by atoms with van der Waals surface area (Å²) in [5, 5.41) is 3.79. The lowest BCUT2D eigenvalue weighted by molar-refractivity contribution is 1.05. The first-order valence-electron chi connectivity index (χ1n) is 4.88. The molecule has 0 unspecified atom stereocenters. The van der Waals surface area contributed by atoms with Gasteiger partial charge in [-0.15, -0.1) is 0 Å². The molecule has 0 amide bonds. The quantitative estimate of drug-likeness (QED) is 0.827. The van der Waals surface area contributed by atoms with Gasteiger partial charge in [-0.2, -0.15) is 0 Å². The predicted octanol–water partition coefficient (Wildman–Crippen LogP) is 2.64. The van der Waals surface area contributed by atoms with Crippen molar-refractivity contribution in [2.45, 2.75) is 6.54 Å². The Morgan fingerprint density at radius 1 is 1.47 bits per heavy atom.